The van der Waals surface area contributed by atoms with Crippen molar-refractivity contribution >= 4 is 40.6 Å². The lowest BCUT2D eigenvalue weighted by molar-refractivity contribution is -0.172. The van der Waals surface area contributed by atoms with Crippen LogP contribution in [0.1, 0.15) is 64.0 Å². The van der Waals surface area contributed by atoms with Crippen LogP contribution in [-0.4, -0.2) is 62.3 Å². The molecule has 1 saturated heterocycles. The number of hydrogen-bond acceptors (Lipinski definition) is 8. The Balaban J connectivity index is 1.63. The Morgan fingerprint density at radius 2 is 1.87 bits per heavy atom. The van der Waals surface area contributed by atoms with E-state index in [4.69, 9.17) is 9.47 Å². The van der Waals surface area contributed by atoms with E-state index < -0.39 is 64.3 Å². The molecule has 46 heavy (non-hydrogen) atoms. The fourth-order valence-electron chi connectivity index (χ4n) is 5.99. The van der Waals surface area contributed by atoms with Gasteiger partial charge in [0.15, 0.2) is 6.23 Å². The smallest absolute Gasteiger partial charge is 0.474 e. The summed E-state index contributed by atoms with van der Waals surface area (Å²) in [5.74, 6) is -2.34. The lowest BCUT2D eigenvalue weighted by Gasteiger charge is -2.50. The molecule has 2 aliphatic rings. The van der Waals surface area contributed by atoms with Gasteiger partial charge < -0.3 is 19.5 Å². The van der Waals surface area contributed by atoms with Crippen LogP contribution < -0.4 is 4.74 Å². The maximum absolute atomic E-state index is 14.8. The number of alkyl halides is 6. The zero-order valence-electron chi connectivity index (χ0n) is 24.1. The second kappa shape index (κ2) is 12.7. The maximum atomic E-state index is 14.8. The second-order valence-electron chi connectivity index (χ2n) is 10.8. The van der Waals surface area contributed by atoms with Gasteiger partial charge in [-0.15, -0.1) is 22.7 Å². The van der Waals surface area contributed by atoms with Crippen molar-refractivity contribution < 1.29 is 55.3 Å². The van der Waals surface area contributed by atoms with E-state index in [0.29, 0.717) is 34.8 Å². The fourth-order valence-corrected chi connectivity index (χ4v) is 7.58. The molecule has 5 heterocycles. The first-order chi connectivity index (χ1) is 21.7. The highest BCUT2D eigenvalue weighted by atomic mass is 32.1. The number of thiophene rings is 2. The molecule has 3 aromatic heterocycles. The molecule has 2 amide bonds. The number of rotatable bonds is 7. The molecule has 0 aliphatic carbocycles. The van der Waals surface area contributed by atoms with Crippen molar-refractivity contribution in [2.24, 2.45) is 0 Å². The molecular formula is C29H27F6N3O6S2. The van der Waals surface area contributed by atoms with Crippen molar-refractivity contribution in [3.63, 3.8) is 0 Å². The first kappa shape index (κ1) is 33.5. The predicted molar refractivity (Wildman–Crippen MR) is 152 cm³/mol. The Labute approximate surface area is 266 Å². The van der Waals surface area contributed by atoms with Crippen LogP contribution in [0.3, 0.4) is 0 Å². The molecule has 1 N–H and O–H groups in total. The lowest BCUT2D eigenvalue weighted by Crippen LogP contribution is -2.69. The lowest BCUT2D eigenvalue weighted by atomic mass is 9.79. The van der Waals surface area contributed by atoms with Gasteiger partial charge >= 0.3 is 18.5 Å². The monoisotopic (exact) mass is 691 g/mol. The third-order valence-corrected chi connectivity index (χ3v) is 9.81. The van der Waals surface area contributed by atoms with Crippen LogP contribution in [-0.2, 0) is 34.8 Å². The molecule has 3 atom stereocenters. The Morgan fingerprint density at radius 3 is 2.52 bits per heavy atom. The van der Waals surface area contributed by atoms with Crippen molar-refractivity contribution in [2.45, 2.75) is 75.8 Å². The van der Waals surface area contributed by atoms with Crippen LogP contribution >= 0.6 is 22.7 Å². The van der Waals surface area contributed by atoms with Crippen molar-refractivity contribution in [1.82, 2.24) is 14.8 Å². The number of aromatic nitrogens is 1. The predicted octanol–water partition coefficient (Wildman–Crippen LogP) is 7.07. The molecule has 0 bridgehead atoms. The summed E-state index contributed by atoms with van der Waals surface area (Å²) in [4.78, 5) is 46.0. The van der Waals surface area contributed by atoms with Crippen LogP contribution in [0.25, 0.3) is 0 Å². The van der Waals surface area contributed by atoms with E-state index in [9.17, 15) is 45.8 Å². The molecule has 248 valence electrons. The molecule has 3 aromatic rings. The van der Waals surface area contributed by atoms with Gasteiger partial charge in [-0.3, -0.25) is 19.5 Å². The molecule has 17 heteroatoms. The van der Waals surface area contributed by atoms with Crippen molar-refractivity contribution in [1.29, 1.82) is 0 Å². The molecule has 0 saturated carbocycles. The Hall–Kier alpha value is -3.86. The van der Waals surface area contributed by atoms with Gasteiger partial charge in [-0.2, -0.15) is 26.3 Å². The van der Waals surface area contributed by atoms with E-state index >= 15 is 0 Å². The first-order valence-corrected chi connectivity index (χ1v) is 15.9. The average Bonchev–Trinajstić information content (AvgIpc) is 3.65. The number of piperidine rings is 1. The summed E-state index contributed by atoms with van der Waals surface area (Å²) in [7, 11) is 0. The van der Waals surface area contributed by atoms with Crippen molar-refractivity contribution in [2.75, 3.05) is 6.54 Å². The molecule has 1 unspecified atom stereocenters. The highest BCUT2D eigenvalue weighted by molar-refractivity contribution is 7.10. The highest BCUT2D eigenvalue weighted by Crippen LogP contribution is 2.43. The number of carbonyl (C=O) groups excluding carboxylic acids is 2. The average molecular weight is 692 g/mol. The van der Waals surface area contributed by atoms with E-state index in [1.54, 1.807) is 18.4 Å². The number of hydrogen-bond donors (Lipinski definition) is 1. The van der Waals surface area contributed by atoms with Gasteiger partial charge in [-0.1, -0.05) is 13.3 Å². The Kier molecular flexibility index (Phi) is 9.28. The van der Waals surface area contributed by atoms with Gasteiger partial charge in [0.1, 0.15) is 16.3 Å². The molecule has 0 radical (unpaired) electrons. The van der Waals surface area contributed by atoms with Crippen molar-refractivity contribution in [3.8, 4) is 5.75 Å². The van der Waals surface area contributed by atoms with Crippen LogP contribution in [0.2, 0.25) is 0 Å². The Morgan fingerprint density at radius 1 is 1.11 bits per heavy atom. The third kappa shape index (κ3) is 6.52. The molecule has 0 spiro atoms. The number of nitrogens with zero attached hydrogens (tertiary/aromatic N) is 3. The zero-order valence-corrected chi connectivity index (χ0v) is 25.7. The van der Waals surface area contributed by atoms with Crippen LogP contribution in [0, 0.1) is 0 Å². The first-order valence-electron chi connectivity index (χ1n) is 14.1. The van der Waals surface area contributed by atoms with E-state index in [1.807, 2.05) is 0 Å². The summed E-state index contributed by atoms with van der Waals surface area (Å²) >= 11 is 1.62. The number of ether oxygens (including phenoxy) is 2. The number of pyridine rings is 1. The molecular weight excluding hydrogens is 664 g/mol. The van der Waals surface area contributed by atoms with Gasteiger partial charge in [0.05, 0.1) is 18.2 Å². The molecule has 9 nitrogen and oxygen atoms in total. The number of fused-ring (bicyclic) bond motifs is 1. The van der Waals surface area contributed by atoms with Crippen LogP contribution in [0.5, 0.6) is 5.75 Å². The third-order valence-electron chi connectivity index (χ3n) is 7.91. The molecule has 0 aromatic carbocycles. The number of likely N-dealkylation sites (tertiary alicyclic amines) is 1. The highest BCUT2D eigenvalue weighted by Gasteiger charge is 2.57. The normalized spacial score (nSPS) is 21.9. The number of amides is 2. The molecule has 1 fully saturated rings. The second-order valence-corrected chi connectivity index (χ2v) is 12.7. The summed E-state index contributed by atoms with van der Waals surface area (Å²) in [6, 6.07) is 2.92. The van der Waals surface area contributed by atoms with Gasteiger partial charge in [0.2, 0.25) is 5.60 Å². The number of carbonyl (C=O) groups is 3. The minimum Gasteiger partial charge on any atom is -0.474 e. The van der Waals surface area contributed by atoms with E-state index in [-0.39, 0.29) is 44.5 Å². The molecule has 5 rings (SSSR count). The summed E-state index contributed by atoms with van der Waals surface area (Å²) in [5.41, 5.74) is -3.58. The summed E-state index contributed by atoms with van der Waals surface area (Å²) in [5, 5.41) is 12.3. The SMILES string of the molecule is CCC[C@H]1N(C(=O)c2ncccc2C(F)(F)F)CCC[C@@]1(Oc1csc(C(F)(F)F)c1)C(=O)N1Cc2sccc2CC1OC(=O)O. The standard InChI is InChI=1S/C29H27F6N3O6S2/c1-2-5-20-27(44-17-13-21(46-15-17)29(33,34)35,25(40)38-14-19-16(7-11-45-19)12-22(38)43-26(41)42)8-4-10-37(20)24(39)23-18(28(30,31)32)6-3-9-36-23/h3,6-7,9,11,13,15,20,22H,2,4-5,8,10,12,14H2,1H3,(H,41,42)/t20-,22?,27+/m1/s1. The summed E-state index contributed by atoms with van der Waals surface area (Å²) < 4.78 is 93.7. The van der Waals surface area contributed by atoms with Crippen LogP contribution in [0.4, 0.5) is 31.1 Å². The fraction of sp³-hybridized carbons (Fsp3) is 0.448. The Bertz CT molecular complexity index is 1610. The largest absolute Gasteiger partial charge is 0.507 e. The zero-order chi connectivity index (χ0) is 33.4. The quantitative estimate of drug-likeness (QED) is 0.209. The van der Waals surface area contributed by atoms with Gasteiger partial charge in [0.25, 0.3) is 11.8 Å². The maximum Gasteiger partial charge on any atom is 0.507 e. The molecule has 2 aliphatic heterocycles. The number of carboxylic acid groups (broad SMARTS) is 1. The van der Waals surface area contributed by atoms with Gasteiger partial charge in [-0.25, -0.2) is 4.79 Å². The topological polar surface area (TPSA) is 109 Å². The van der Waals surface area contributed by atoms with E-state index in [2.05, 4.69) is 4.98 Å². The van der Waals surface area contributed by atoms with Crippen LogP contribution in [0.15, 0.2) is 41.2 Å². The number of halogens is 6. The summed E-state index contributed by atoms with van der Waals surface area (Å²) in [6.45, 7) is 1.48. The minimum atomic E-state index is -4.93. The van der Waals surface area contributed by atoms with Gasteiger partial charge in [-0.05, 0) is 42.0 Å². The summed E-state index contributed by atoms with van der Waals surface area (Å²) in [6.07, 6.45) is -11.5. The van der Waals surface area contributed by atoms with Gasteiger partial charge in [0, 0.05) is 41.9 Å². The van der Waals surface area contributed by atoms with E-state index in [1.165, 1.54) is 11.3 Å². The minimum absolute atomic E-state index is 0.00444. The van der Waals surface area contributed by atoms with Crippen molar-refractivity contribution in [3.05, 3.63) is 67.8 Å². The van der Waals surface area contributed by atoms with E-state index in [0.717, 1.165) is 33.0 Å².